The molecule has 2 atom stereocenters. The van der Waals surface area contributed by atoms with Gasteiger partial charge in [0.2, 0.25) is 0 Å². The molecule has 9 nitrogen and oxygen atoms in total. The van der Waals surface area contributed by atoms with E-state index in [0.29, 0.717) is 13.0 Å². The van der Waals surface area contributed by atoms with Crippen LogP contribution in [0.25, 0.3) is 0 Å². The van der Waals surface area contributed by atoms with Crippen LogP contribution in [0.3, 0.4) is 0 Å². The van der Waals surface area contributed by atoms with Crippen molar-refractivity contribution in [3.63, 3.8) is 0 Å². The van der Waals surface area contributed by atoms with Crippen LogP contribution in [-0.2, 0) is 17.4 Å². The van der Waals surface area contributed by atoms with E-state index in [1.165, 1.54) is 23.0 Å². The minimum Gasteiger partial charge on any atom is -0.481 e. The third kappa shape index (κ3) is 15.2. The molecule has 0 aliphatic rings. The van der Waals surface area contributed by atoms with Gasteiger partial charge in [0.05, 0.1) is 0 Å². The maximum Gasteiger partial charge on any atom is 0.332 e. The molecule has 0 aliphatic carbocycles. The molecule has 0 spiro atoms. The van der Waals surface area contributed by atoms with Crippen LogP contribution in [0.4, 0.5) is 0 Å². The van der Waals surface area contributed by atoms with Crippen LogP contribution in [0.5, 0.6) is 0 Å². The molecule has 0 aromatic heterocycles. The molecule has 10 heteroatoms. The molecule has 0 unspecified atom stereocenters. The predicted octanol–water partition coefficient (Wildman–Crippen LogP) is -0.401. The van der Waals surface area contributed by atoms with Crippen molar-refractivity contribution in [2.24, 2.45) is 17.2 Å². The van der Waals surface area contributed by atoms with Gasteiger partial charge in [-0.15, -0.1) is 0 Å². The zero-order valence-corrected chi connectivity index (χ0v) is 13.7. The molecule has 0 aliphatic heterocycles. The lowest BCUT2D eigenvalue weighted by Gasteiger charge is -2.06. The van der Waals surface area contributed by atoms with Crippen molar-refractivity contribution in [1.29, 1.82) is 0 Å². The Balaban J connectivity index is 0. The molecular formula is C11H22IN3O6. The van der Waals surface area contributed by atoms with Gasteiger partial charge in [0.1, 0.15) is 12.1 Å². The number of carboxylic acid groups (broad SMARTS) is 2. The van der Waals surface area contributed by atoms with Crippen molar-refractivity contribution < 1.29 is 27.7 Å². The minimum atomic E-state index is -1.17. The number of carboxylic acids is 2. The van der Waals surface area contributed by atoms with E-state index in [2.05, 4.69) is 3.07 Å². The standard InChI is InChI=1S/C6H13IN2O2.C5H9NO4/c7-11-6(10)5(9)3-1-2-4-8;6-3(5(9)10)1-2-4(7)8/h5H,1-4,8-9H2;3H,1-2,6H2,(H,7,8)(H,9,10)/t5-;3-/m00/s1. The fraction of sp³-hybridized carbons (Fsp3) is 0.727. The first-order chi connectivity index (χ1) is 9.76. The summed E-state index contributed by atoms with van der Waals surface area (Å²) in [6, 6.07) is -1.55. The molecule has 0 amide bonds. The third-order valence-electron chi connectivity index (χ3n) is 2.33. The van der Waals surface area contributed by atoms with Crippen molar-refractivity contribution in [2.75, 3.05) is 6.54 Å². The first-order valence-corrected chi connectivity index (χ1v) is 7.12. The van der Waals surface area contributed by atoms with Crippen LogP contribution < -0.4 is 17.2 Å². The van der Waals surface area contributed by atoms with E-state index in [9.17, 15) is 14.4 Å². The second kappa shape index (κ2) is 14.0. The molecule has 0 saturated heterocycles. The van der Waals surface area contributed by atoms with E-state index >= 15 is 0 Å². The van der Waals surface area contributed by atoms with Gasteiger partial charge in [0.25, 0.3) is 0 Å². The highest BCUT2D eigenvalue weighted by molar-refractivity contribution is 14.1. The molecule has 0 rings (SSSR count). The van der Waals surface area contributed by atoms with E-state index in [-0.39, 0.29) is 18.8 Å². The Morgan fingerprint density at radius 1 is 1.05 bits per heavy atom. The molecule has 8 N–H and O–H groups in total. The lowest BCUT2D eigenvalue weighted by Crippen LogP contribution is -2.30. The summed E-state index contributed by atoms with van der Waals surface area (Å²) in [6.07, 6.45) is 2.21. The lowest BCUT2D eigenvalue weighted by molar-refractivity contribution is -0.140. The Kier molecular flexibility index (Phi) is 14.8. The highest BCUT2D eigenvalue weighted by atomic mass is 127. The average Bonchev–Trinajstić information content (AvgIpc) is 2.44. The molecular weight excluding hydrogens is 397 g/mol. The van der Waals surface area contributed by atoms with Gasteiger partial charge in [-0.3, -0.25) is 9.59 Å². The second-order valence-corrected chi connectivity index (χ2v) is 4.60. The second-order valence-electron chi connectivity index (χ2n) is 4.16. The highest BCUT2D eigenvalue weighted by Crippen LogP contribution is 2.01. The molecule has 0 heterocycles. The van der Waals surface area contributed by atoms with Gasteiger partial charge in [-0.1, -0.05) is 6.42 Å². The fourth-order valence-electron chi connectivity index (χ4n) is 1.09. The Hall–Kier alpha value is -0.980. The number of carbonyl (C=O) groups excluding carboxylic acids is 1. The zero-order valence-electron chi connectivity index (χ0n) is 11.5. The molecule has 124 valence electrons. The predicted molar refractivity (Wildman–Crippen MR) is 83.5 cm³/mol. The van der Waals surface area contributed by atoms with Gasteiger partial charge in [0, 0.05) is 6.42 Å². The molecule has 0 saturated carbocycles. The molecule has 0 aromatic rings. The van der Waals surface area contributed by atoms with E-state index in [1.807, 2.05) is 0 Å². The fourth-order valence-corrected chi connectivity index (χ4v) is 1.41. The highest BCUT2D eigenvalue weighted by Gasteiger charge is 2.13. The Morgan fingerprint density at radius 2 is 1.62 bits per heavy atom. The van der Waals surface area contributed by atoms with Crippen molar-refractivity contribution >= 4 is 40.9 Å². The Morgan fingerprint density at radius 3 is 2.00 bits per heavy atom. The lowest BCUT2D eigenvalue weighted by atomic mass is 10.1. The van der Waals surface area contributed by atoms with Gasteiger partial charge in [-0.05, 0) is 25.8 Å². The van der Waals surface area contributed by atoms with E-state index in [1.54, 1.807) is 0 Å². The summed E-state index contributed by atoms with van der Waals surface area (Å²) >= 11 is 1.54. The van der Waals surface area contributed by atoms with Crippen molar-refractivity contribution in [3.8, 4) is 0 Å². The van der Waals surface area contributed by atoms with Gasteiger partial charge in [0.15, 0.2) is 23.0 Å². The molecule has 0 radical (unpaired) electrons. The number of aliphatic carboxylic acids is 2. The summed E-state index contributed by atoms with van der Waals surface area (Å²) in [4.78, 5) is 30.6. The summed E-state index contributed by atoms with van der Waals surface area (Å²) in [7, 11) is 0. The number of unbranched alkanes of at least 4 members (excludes halogenated alkanes) is 1. The monoisotopic (exact) mass is 419 g/mol. The summed E-state index contributed by atoms with van der Waals surface area (Å²) in [5.41, 5.74) is 15.7. The van der Waals surface area contributed by atoms with Crippen LogP contribution in [0.1, 0.15) is 32.1 Å². The maximum atomic E-state index is 10.7. The van der Waals surface area contributed by atoms with E-state index in [4.69, 9.17) is 27.4 Å². The van der Waals surface area contributed by atoms with Crippen molar-refractivity contribution in [3.05, 3.63) is 0 Å². The van der Waals surface area contributed by atoms with Gasteiger partial charge in [-0.25, -0.2) is 4.79 Å². The van der Waals surface area contributed by atoms with Crippen LogP contribution >= 0.6 is 23.0 Å². The van der Waals surface area contributed by atoms with Gasteiger partial charge >= 0.3 is 17.9 Å². The number of hydrogen-bond donors (Lipinski definition) is 5. The molecule has 21 heavy (non-hydrogen) atoms. The van der Waals surface area contributed by atoms with Gasteiger partial charge in [-0.2, -0.15) is 0 Å². The normalized spacial score (nSPS) is 12.6. The zero-order chi connectivity index (χ0) is 16.8. The largest absolute Gasteiger partial charge is 0.481 e. The minimum absolute atomic E-state index is 0.0231. The van der Waals surface area contributed by atoms with Crippen LogP contribution in [0.15, 0.2) is 0 Å². The topological polar surface area (TPSA) is 179 Å². The molecule has 0 fully saturated rings. The Labute approximate surface area is 136 Å². The maximum absolute atomic E-state index is 10.7. The first-order valence-electron chi connectivity index (χ1n) is 6.24. The number of rotatable bonds is 9. The van der Waals surface area contributed by atoms with E-state index < -0.39 is 24.0 Å². The van der Waals surface area contributed by atoms with Crippen molar-refractivity contribution in [1.82, 2.24) is 0 Å². The van der Waals surface area contributed by atoms with E-state index in [0.717, 1.165) is 12.8 Å². The smallest absolute Gasteiger partial charge is 0.332 e. The van der Waals surface area contributed by atoms with Crippen LogP contribution in [-0.4, -0.2) is 46.7 Å². The summed E-state index contributed by atoms with van der Waals surface area (Å²) < 4.78 is 4.42. The number of halogens is 1. The quantitative estimate of drug-likeness (QED) is 0.246. The first kappa shape index (κ1) is 22.3. The summed E-state index contributed by atoms with van der Waals surface area (Å²) in [5.74, 6) is -2.56. The van der Waals surface area contributed by atoms with Crippen LogP contribution in [0, 0.1) is 0 Å². The number of nitrogens with two attached hydrogens (primary N) is 3. The van der Waals surface area contributed by atoms with Crippen molar-refractivity contribution in [2.45, 2.75) is 44.2 Å². The summed E-state index contributed by atoms with van der Waals surface area (Å²) in [6.45, 7) is 0.645. The number of hydrogen-bond acceptors (Lipinski definition) is 7. The summed E-state index contributed by atoms with van der Waals surface area (Å²) in [5, 5.41) is 16.3. The molecule has 0 aromatic carbocycles. The third-order valence-corrected chi connectivity index (χ3v) is 2.77. The van der Waals surface area contributed by atoms with Crippen LogP contribution in [0.2, 0.25) is 0 Å². The average molecular weight is 419 g/mol. The molecule has 0 bridgehead atoms. The SMILES string of the molecule is NCCCC[C@H](N)C(=O)OI.N[C@@H](CCC(=O)O)C(=O)O. The number of carbonyl (C=O) groups is 3. The Bertz CT molecular complexity index is 329. The van der Waals surface area contributed by atoms with Gasteiger partial charge < -0.3 is 30.5 Å².